The molecule has 1 saturated carbocycles. The van der Waals surface area contributed by atoms with Crippen molar-refractivity contribution in [3.8, 4) is 5.95 Å². The van der Waals surface area contributed by atoms with Crippen molar-refractivity contribution in [3.63, 3.8) is 0 Å². The molecule has 0 radical (unpaired) electrons. The summed E-state index contributed by atoms with van der Waals surface area (Å²) < 4.78 is 27.7. The lowest BCUT2D eigenvalue weighted by Crippen LogP contribution is -2.43. The Morgan fingerprint density at radius 1 is 1.30 bits per heavy atom. The van der Waals surface area contributed by atoms with Crippen LogP contribution < -0.4 is 5.69 Å². The molecular formula is C21H26FN5O3. The minimum Gasteiger partial charge on any atom is -0.381 e. The Labute approximate surface area is 173 Å². The molecule has 2 aliphatic rings. The van der Waals surface area contributed by atoms with Gasteiger partial charge in [-0.25, -0.2) is 13.8 Å². The standard InChI is InChI=1S/C21H26FN5O3/c1-3-26-17-5-4-15(22)10-18(17)27(21(26)28)20-23-19(30-24-20)14-8-16(9-14)25(2)11-13-6-7-29-12-13/h4-5,10,13-14,16H,3,6-9,11-12H2,1-2H3. The maximum absolute atomic E-state index is 13.8. The number of ether oxygens (including phenoxy) is 1. The Morgan fingerprint density at radius 2 is 2.13 bits per heavy atom. The molecule has 30 heavy (non-hydrogen) atoms. The van der Waals surface area contributed by atoms with Crippen LogP contribution in [-0.4, -0.2) is 57.0 Å². The molecule has 2 aromatic heterocycles. The monoisotopic (exact) mass is 415 g/mol. The van der Waals surface area contributed by atoms with Crippen LogP contribution in [0.3, 0.4) is 0 Å². The number of hydrogen-bond acceptors (Lipinski definition) is 6. The van der Waals surface area contributed by atoms with Crippen molar-refractivity contribution < 1.29 is 13.7 Å². The highest BCUT2D eigenvalue weighted by atomic mass is 19.1. The zero-order chi connectivity index (χ0) is 20.8. The third kappa shape index (κ3) is 3.26. The Bertz CT molecular complexity index is 1110. The second-order valence-electron chi connectivity index (χ2n) is 8.42. The van der Waals surface area contributed by atoms with Gasteiger partial charge in [0.25, 0.3) is 5.95 Å². The topological polar surface area (TPSA) is 78.3 Å². The van der Waals surface area contributed by atoms with Crippen LogP contribution >= 0.6 is 0 Å². The van der Waals surface area contributed by atoms with Crippen LogP contribution in [0.2, 0.25) is 0 Å². The molecule has 5 rings (SSSR count). The Kier molecular flexibility index (Phi) is 4.94. The number of nitrogens with zero attached hydrogens (tertiary/aromatic N) is 5. The SMILES string of the molecule is CCn1c(=O)n(-c2noc(C3CC(N(C)CC4CCOC4)C3)n2)c2cc(F)ccc21. The first-order valence-electron chi connectivity index (χ1n) is 10.6. The summed E-state index contributed by atoms with van der Waals surface area (Å²) in [6, 6.07) is 4.78. The molecule has 0 N–H and O–H groups in total. The van der Waals surface area contributed by atoms with Gasteiger partial charge in [-0.1, -0.05) is 0 Å². The molecule has 8 nitrogen and oxygen atoms in total. The first-order chi connectivity index (χ1) is 14.5. The van der Waals surface area contributed by atoms with Gasteiger partial charge in [0.15, 0.2) is 0 Å². The fraction of sp³-hybridized carbons (Fsp3) is 0.571. The van der Waals surface area contributed by atoms with E-state index in [1.807, 2.05) is 6.92 Å². The highest BCUT2D eigenvalue weighted by molar-refractivity contribution is 5.77. The van der Waals surface area contributed by atoms with Gasteiger partial charge in [-0.05, 0) is 56.4 Å². The number of benzene rings is 1. The van der Waals surface area contributed by atoms with Crippen LogP contribution in [0, 0.1) is 11.7 Å². The van der Waals surface area contributed by atoms with Gasteiger partial charge in [-0.15, -0.1) is 0 Å². The molecule has 3 heterocycles. The summed E-state index contributed by atoms with van der Waals surface area (Å²) in [4.78, 5) is 19.8. The van der Waals surface area contributed by atoms with E-state index in [9.17, 15) is 9.18 Å². The van der Waals surface area contributed by atoms with Crippen molar-refractivity contribution >= 4 is 11.0 Å². The van der Waals surface area contributed by atoms with E-state index in [0.717, 1.165) is 39.0 Å². The molecule has 0 bridgehead atoms. The molecule has 2 fully saturated rings. The lowest BCUT2D eigenvalue weighted by molar-refractivity contribution is 0.0990. The molecule has 1 aromatic carbocycles. The highest BCUT2D eigenvalue weighted by Gasteiger charge is 2.37. The summed E-state index contributed by atoms with van der Waals surface area (Å²) in [6.07, 6.45) is 3.03. The summed E-state index contributed by atoms with van der Waals surface area (Å²) in [5.74, 6) is 1.10. The van der Waals surface area contributed by atoms with Crippen molar-refractivity contribution in [1.29, 1.82) is 0 Å². The number of aryl methyl sites for hydroxylation is 1. The van der Waals surface area contributed by atoms with Crippen molar-refractivity contribution in [2.45, 2.75) is 44.7 Å². The molecule has 1 aliphatic carbocycles. The van der Waals surface area contributed by atoms with Gasteiger partial charge in [0.05, 0.1) is 17.6 Å². The molecule has 9 heteroatoms. The largest absolute Gasteiger partial charge is 0.381 e. The van der Waals surface area contributed by atoms with E-state index in [1.165, 1.54) is 16.7 Å². The fourth-order valence-electron chi connectivity index (χ4n) is 4.65. The van der Waals surface area contributed by atoms with Crippen LogP contribution in [-0.2, 0) is 11.3 Å². The Balaban J connectivity index is 1.34. The van der Waals surface area contributed by atoms with Crippen LogP contribution in [0.25, 0.3) is 17.0 Å². The minimum absolute atomic E-state index is 0.165. The van der Waals surface area contributed by atoms with E-state index in [4.69, 9.17) is 9.26 Å². The van der Waals surface area contributed by atoms with Gasteiger partial charge in [0.1, 0.15) is 5.82 Å². The van der Waals surface area contributed by atoms with E-state index >= 15 is 0 Å². The number of rotatable bonds is 6. The van der Waals surface area contributed by atoms with Gasteiger partial charge in [-0.3, -0.25) is 4.57 Å². The van der Waals surface area contributed by atoms with Crippen LogP contribution in [0.15, 0.2) is 27.5 Å². The quantitative estimate of drug-likeness (QED) is 0.616. The number of imidazole rings is 1. The molecular weight excluding hydrogens is 389 g/mol. The fourth-order valence-corrected chi connectivity index (χ4v) is 4.65. The second-order valence-corrected chi connectivity index (χ2v) is 8.42. The summed E-state index contributed by atoms with van der Waals surface area (Å²) in [5, 5.41) is 4.04. The third-order valence-electron chi connectivity index (χ3n) is 6.49. The summed E-state index contributed by atoms with van der Waals surface area (Å²) in [6.45, 7) is 5.12. The zero-order valence-electron chi connectivity index (χ0n) is 17.3. The Morgan fingerprint density at radius 3 is 2.87 bits per heavy atom. The van der Waals surface area contributed by atoms with Crippen molar-refractivity contribution in [2.75, 3.05) is 26.8 Å². The van der Waals surface area contributed by atoms with Crippen LogP contribution in [0.1, 0.15) is 38.0 Å². The Hall–Kier alpha value is -2.52. The molecule has 0 spiro atoms. The molecule has 1 unspecified atom stereocenters. The summed E-state index contributed by atoms with van der Waals surface area (Å²) >= 11 is 0. The van der Waals surface area contributed by atoms with Gasteiger partial charge < -0.3 is 14.2 Å². The van der Waals surface area contributed by atoms with E-state index in [0.29, 0.717) is 35.4 Å². The minimum atomic E-state index is -0.411. The van der Waals surface area contributed by atoms with Gasteiger partial charge in [-0.2, -0.15) is 4.98 Å². The van der Waals surface area contributed by atoms with Gasteiger partial charge in [0.2, 0.25) is 5.89 Å². The van der Waals surface area contributed by atoms with E-state index in [1.54, 1.807) is 10.6 Å². The summed E-state index contributed by atoms with van der Waals surface area (Å²) in [7, 11) is 2.16. The highest BCUT2D eigenvalue weighted by Crippen LogP contribution is 2.39. The average Bonchev–Trinajstić information content (AvgIpc) is 3.40. The molecule has 0 amide bonds. The lowest BCUT2D eigenvalue weighted by Gasteiger charge is -2.40. The first kappa shape index (κ1) is 19.4. The van der Waals surface area contributed by atoms with Crippen molar-refractivity contribution in [1.82, 2.24) is 24.2 Å². The second kappa shape index (κ2) is 7.63. The first-order valence-corrected chi connectivity index (χ1v) is 10.6. The van der Waals surface area contributed by atoms with Gasteiger partial charge >= 0.3 is 5.69 Å². The molecule has 1 saturated heterocycles. The molecule has 1 atom stereocenters. The van der Waals surface area contributed by atoms with Crippen molar-refractivity contribution in [2.24, 2.45) is 5.92 Å². The number of aromatic nitrogens is 4. The molecule has 3 aromatic rings. The van der Waals surface area contributed by atoms with E-state index in [2.05, 4.69) is 22.1 Å². The van der Waals surface area contributed by atoms with E-state index < -0.39 is 5.82 Å². The number of hydrogen-bond donors (Lipinski definition) is 0. The van der Waals surface area contributed by atoms with Gasteiger partial charge in [0, 0.05) is 37.7 Å². The third-order valence-corrected chi connectivity index (χ3v) is 6.49. The van der Waals surface area contributed by atoms with E-state index in [-0.39, 0.29) is 17.6 Å². The lowest BCUT2D eigenvalue weighted by atomic mass is 9.79. The van der Waals surface area contributed by atoms with Crippen LogP contribution in [0.5, 0.6) is 0 Å². The molecule has 160 valence electrons. The average molecular weight is 415 g/mol. The maximum atomic E-state index is 13.8. The maximum Gasteiger partial charge on any atom is 0.336 e. The van der Waals surface area contributed by atoms with Crippen molar-refractivity contribution in [3.05, 3.63) is 40.4 Å². The number of halogens is 1. The predicted molar refractivity (Wildman–Crippen MR) is 108 cm³/mol. The predicted octanol–water partition coefficient (Wildman–Crippen LogP) is 2.55. The normalized spacial score (nSPS) is 24.1. The smallest absolute Gasteiger partial charge is 0.336 e. The summed E-state index contributed by atoms with van der Waals surface area (Å²) in [5.41, 5.74) is 0.797. The zero-order valence-corrected chi connectivity index (χ0v) is 17.3. The van der Waals surface area contributed by atoms with Crippen LogP contribution in [0.4, 0.5) is 4.39 Å². The number of fused-ring (bicyclic) bond motifs is 1. The molecule has 1 aliphatic heterocycles.